The van der Waals surface area contributed by atoms with Crippen LogP contribution in [0.3, 0.4) is 0 Å². The normalized spacial score (nSPS) is 17.5. The Balaban J connectivity index is 2.15. The van der Waals surface area contributed by atoms with Crippen molar-refractivity contribution in [2.45, 2.75) is 37.6 Å². The van der Waals surface area contributed by atoms with Crippen LogP contribution in [0.1, 0.15) is 42.5 Å². The van der Waals surface area contributed by atoms with Gasteiger partial charge in [-0.15, -0.1) is 0 Å². The lowest BCUT2D eigenvalue weighted by Gasteiger charge is -2.31. The Hall–Kier alpha value is -1.40. The molecule has 0 spiro atoms. The molecule has 4 N–H and O–H groups in total. The molecule has 1 aromatic rings. The smallest absolute Gasteiger partial charge is 0.336 e. The van der Waals surface area contributed by atoms with Crippen LogP contribution in [0, 0.1) is 0 Å². The fourth-order valence-corrected chi connectivity index (χ4v) is 2.85. The summed E-state index contributed by atoms with van der Waals surface area (Å²) < 4.78 is 0.475. The zero-order valence-electron chi connectivity index (χ0n) is 11.0. The lowest BCUT2D eigenvalue weighted by Crippen LogP contribution is -2.52. The molecule has 1 amide bonds. The van der Waals surface area contributed by atoms with E-state index in [0.717, 1.165) is 19.3 Å². The number of aromatic carboxylic acids is 1. The number of hydrogen-bond acceptors (Lipinski definition) is 3. The molecule has 1 aliphatic rings. The number of halogens is 1. The van der Waals surface area contributed by atoms with Crippen LogP contribution in [-0.4, -0.2) is 22.5 Å². The van der Waals surface area contributed by atoms with Gasteiger partial charge < -0.3 is 16.2 Å². The minimum Gasteiger partial charge on any atom is -0.478 e. The largest absolute Gasteiger partial charge is 0.478 e. The number of carboxylic acids is 1. The second kappa shape index (κ2) is 5.93. The van der Waals surface area contributed by atoms with Crippen molar-refractivity contribution >= 4 is 33.5 Å². The first kappa shape index (κ1) is 15.0. The van der Waals surface area contributed by atoms with E-state index in [0.29, 0.717) is 23.0 Å². The summed E-state index contributed by atoms with van der Waals surface area (Å²) >= 11 is 3.17. The summed E-state index contributed by atoms with van der Waals surface area (Å²) in [5.41, 5.74) is 5.86. The molecule has 1 saturated carbocycles. The third-order valence-corrected chi connectivity index (χ3v) is 4.34. The van der Waals surface area contributed by atoms with Crippen LogP contribution in [-0.2, 0) is 4.79 Å². The summed E-state index contributed by atoms with van der Waals surface area (Å²) in [6, 6.07) is 4.68. The van der Waals surface area contributed by atoms with Gasteiger partial charge in [-0.25, -0.2) is 4.79 Å². The topological polar surface area (TPSA) is 92.4 Å². The van der Waals surface area contributed by atoms with Gasteiger partial charge in [0.2, 0.25) is 5.91 Å². The number of carbonyl (C=O) groups excluding carboxylic acids is 1. The predicted molar refractivity (Wildman–Crippen MR) is 79.7 cm³/mol. The average molecular weight is 341 g/mol. The fraction of sp³-hybridized carbons (Fsp3) is 0.429. The first-order chi connectivity index (χ1) is 9.42. The van der Waals surface area contributed by atoms with Crippen LogP contribution < -0.4 is 11.1 Å². The highest BCUT2D eigenvalue weighted by molar-refractivity contribution is 9.10. The zero-order valence-corrected chi connectivity index (χ0v) is 12.6. The SMILES string of the molecule is NC1(C(=O)Nc2ccc(Br)c(C(=O)O)c2)CCCCC1. The lowest BCUT2D eigenvalue weighted by molar-refractivity contribution is -0.122. The minimum absolute atomic E-state index is 0.109. The molecule has 0 heterocycles. The van der Waals surface area contributed by atoms with E-state index in [1.165, 1.54) is 6.07 Å². The number of amides is 1. The van der Waals surface area contributed by atoms with E-state index in [2.05, 4.69) is 21.2 Å². The van der Waals surface area contributed by atoms with Crippen molar-refractivity contribution in [2.75, 3.05) is 5.32 Å². The molecule has 0 unspecified atom stereocenters. The van der Waals surface area contributed by atoms with Crippen molar-refractivity contribution in [1.82, 2.24) is 0 Å². The lowest BCUT2D eigenvalue weighted by atomic mass is 9.82. The first-order valence-electron chi connectivity index (χ1n) is 6.55. The molecule has 1 aliphatic carbocycles. The van der Waals surface area contributed by atoms with Crippen molar-refractivity contribution in [3.05, 3.63) is 28.2 Å². The number of carboxylic acid groups (broad SMARTS) is 1. The number of rotatable bonds is 3. The van der Waals surface area contributed by atoms with E-state index in [1.54, 1.807) is 12.1 Å². The van der Waals surface area contributed by atoms with E-state index < -0.39 is 11.5 Å². The summed E-state index contributed by atoms with van der Waals surface area (Å²) in [6.07, 6.45) is 4.34. The fourth-order valence-electron chi connectivity index (χ4n) is 2.43. The maximum atomic E-state index is 12.3. The van der Waals surface area contributed by atoms with Crippen LogP contribution in [0.2, 0.25) is 0 Å². The van der Waals surface area contributed by atoms with Gasteiger partial charge in [0, 0.05) is 10.2 Å². The van der Waals surface area contributed by atoms with E-state index in [-0.39, 0.29) is 11.5 Å². The molecular weight excluding hydrogens is 324 g/mol. The van der Waals surface area contributed by atoms with Gasteiger partial charge in [-0.1, -0.05) is 19.3 Å². The van der Waals surface area contributed by atoms with Crippen molar-refractivity contribution in [3.63, 3.8) is 0 Å². The Bertz CT molecular complexity index is 539. The maximum Gasteiger partial charge on any atom is 0.336 e. The molecule has 2 rings (SSSR count). The minimum atomic E-state index is -1.05. The van der Waals surface area contributed by atoms with Gasteiger partial charge in [0.25, 0.3) is 0 Å². The summed E-state index contributed by atoms with van der Waals surface area (Å²) in [4.78, 5) is 23.3. The molecule has 1 fully saturated rings. The summed E-state index contributed by atoms with van der Waals surface area (Å²) in [5, 5.41) is 11.8. The van der Waals surface area contributed by atoms with Gasteiger partial charge in [-0.05, 0) is 47.0 Å². The second-order valence-corrected chi connectivity index (χ2v) is 6.03. The van der Waals surface area contributed by atoms with E-state index >= 15 is 0 Å². The molecule has 0 atom stereocenters. The van der Waals surface area contributed by atoms with Crippen molar-refractivity contribution in [2.24, 2.45) is 5.73 Å². The van der Waals surface area contributed by atoms with E-state index in [1.807, 2.05) is 0 Å². The van der Waals surface area contributed by atoms with Crippen LogP contribution in [0.15, 0.2) is 22.7 Å². The molecular formula is C14H17BrN2O3. The predicted octanol–water partition coefficient (Wildman–Crippen LogP) is 2.75. The number of carbonyl (C=O) groups is 2. The van der Waals surface area contributed by atoms with E-state index in [9.17, 15) is 9.59 Å². The Morgan fingerprint density at radius 3 is 2.50 bits per heavy atom. The van der Waals surface area contributed by atoms with Gasteiger partial charge in [0.1, 0.15) is 0 Å². The quantitative estimate of drug-likeness (QED) is 0.788. The van der Waals surface area contributed by atoms with Gasteiger partial charge in [0.05, 0.1) is 11.1 Å². The monoisotopic (exact) mass is 340 g/mol. The maximum absolute atomic E-state index is 12.3. The number of anilines is 1. The molecule has 1 aromatic carbocycles. The van der Waals surface area contributed by atoms with Crippen molar-refractivity contribution in [1.29, 1.82) is 0 Å². The van der Waals surface area contributed by atoms with Gasteiger partial charge in [-0.2, -0.15) is 0 Å². The van der Waals surface area contributed by atoms with Crippen LogP contribution in [0.25, 0.3) is 0 Å². The molecule has 0 saturated heterocycles. The zero-order chi connectivity index (χ0) is 14.8. The standard InChI is InChI=1S/C14H17BrN2O3/c15-11-5-4-9(8-10(11)12(18)19)17-13(20)14(16)6-2-1-3-7-14/h4-5,8H,1-3,6-7,16H2,(H,17,20)(H,18,19). The molecule has 6 heteroatoms. The highest BCUT2D eigenvalue weighted by Gasteiger charge is 2.35. The molecule has 0 radical (unpaired) electrons. The summed E-state index contributed by atoms with van der Waals surface area (Å²) in [6.45, 7) is 0. The second-order valence-electron chi connectivity index (χ2n) is 5.17. The molecule has 5 nitrogen and oxygen atoms in total. The Labute approximate surface area is 125 Å². The number of nitrogens with two attached hydrogens (primary N) is 1. The van der Waals surface area contributed by atoms with Crippen molar-refractivity contribution < 1.29 is 14.7 Å². The number of hydrogen-bond donors (Lipinski definition) is 3. The molecule has 0 bridgehead atoms. The first-order valence-corrected chi connectivity index (χ1v) is 7.35. The Morgan fingerprint density at radius 2 is 1.90 bits per heavy atom. The third-order valence-electron chi connectivity index (χ3n) is 3.65. The third kappa shape index (κ3) is 3.19. The average Bonchev–Trinajstić information content (AvgIpc) is 2.41. The van der Waals surface area contributed by atoms with Crippen LogP contribution >= 0.6 is 15.9 Å². The van der Waals surface area contributed by atoms with Gasteiger partial charge in [0.15, 0.2) is 0 Å². The molecule has 20 heavy (non-hydrogen) atoms. The van der Waals surface area contributed by atoms with Gasteiger partial charge >= 0.3 is 5.97 Å². The summed E-state index contributed by atoms with van der Waals surface area (Å²) in [5.74, 6) is -1.29. The molecule has 0 aromatic heterocycles. The van der Waals surface area contributed by atoms with Crippen LogP contribution in [0.5, 0.6) is 0 Å². The number of nitrogens with one attached hydrogen (secondary N) is 1. The van der Waals surface area contributed by atoms with Crippen LogP contribution in [0.4, 0.5) is 5.69 Å². The summed E-state index contributed by atoms with van der Waals surface area (Å²) in [7, 11) is 0. The molecule has 108 valence electrons. The Kier molecular flexibility index (Phi) is 4.45. The highest BCUT2D eigenvalue weighted by atomic mass is 79.9. The Morgan fingerprint density at radius 1 is 1.25 bits per heavy atom. The highest BCUT2D eigenvalue weighted by Crippen LogP contribution is 2.28. The van der Waals surface area contributed by atoms with E-state index in [4.69, 9.17) is 10.8 Å². The van der Waals surface area contributed by atoms with Crippen molar-refractivity contribution in [3.8, 4) is 0 Å². The number of benzene rings is 1. The molecule has 0 aliphatic heterocycles. The van der Waals surface area contributed by atoms with Gasteiger partial charge in [-0.3, -0.25) is 4.79 Å².